The van der Waals surface area contributed by atoms with Crippen molar-refractivity contribution in [2.45, 2.75) is 62.7 Å². The maximum absolute atomic E-state index is 13.3. The van der Waals surface area contributed by atoms with Crippen LogP contribution in [0.15, 0.2) is 17.5 Å². The van der Waals surface area contributed by atoms with Gasteiger partial charge in [0.1, 0.15) is 18.1 Å². The van der Waals surface area contributed by atoms with Gasteiger partial charge in [0.2, 0.25) is 23.6 Å². The molecule has 0 spiro atoms. The van der Waals surface area contributed by atoms with Crippen LogP contribution in [-0.4, -0.2) is 87.9 Å². The number of guanidine groups is 1. The van der Waals surface area contributed by atoms with Crippen molar-refractivity contribution in [3.05, 3.63) is 18.2 Å². The number of imidazole rings is 1. The van der Waals surface area contributed by atoms with E-state index in [4.69, 9.17) is 17.2 Å². The Morgan fingerprint density at radius 2 is 1.78 bits per heavy atom. The van der Waals surface area contributed by atoms with Crippen LogP contribution in [0.25, 0.3) is 0 Å². The topological polar surface area (TPSA) is 273 Å². The van der Waals surface area contributed by atoms with Crippen LogP contribution >= 0.6 is 0 Å². The second-order valence-corrected chi connectivity index (χ2v) is 8.57. The third-order valence-corrected chi connectivity index (χ3v) is 5.59. The minimum Gasteiger partial charge on any atom is -0.480 e. The summed E-state index contributed by atoms with van der Waals surface area (Å²) in [5, 5.41) is 19.9. The predicted molar refractivity (Wildman–Crippen MR) is 130 cm³/mol. The number of H-pyrrole nitrogens is 1. The Balaban J connectivity index is 2.17. The highest BCUT2D eigenvalue weighted by molar-refractivity contribution is 5.95. The van der Waals surface area contributed by atoms with Gasteiger partial charge in [-0.1, -0.05) is 0 Å². The summed E-state index contributed by atoms with van der Waals surface area (Å²) in [6.07, 6.45) is 4.09. The minimum atomic E-state index is -1.59. The van der Waals surface area contributed by atoms with E-state index in [1.165, 1.54) is 12.5 Å². The zero-order chi connectivity index (χ0) is 27.4. The number of carbonyl (C=O) groups is 5. The molecule has 0 saturated carbocycles. The number of aliphatic carboxylic acids is 1. The number of hydrogen-bond acceptors (Lipinski definition) is 8. The summed E-state index contributed by atoms with van der Waals surface area (Å²) in [6, 6.07) is -4.32. The van der Waals surface area contributed by atoms with Crippen LogP contribution in [-0.2, 0) is 30.4 Å². The highest BCUT2D eigenvalue weighted by Gasteiger charge is 2.32. The molecule has 4 amide bonds. The Bertz CT molecular complexity index is 972. The van der Waals surface area contributed by atoms with Crippen LogP contribution in [0.3, 0.4) is 0 Å². The van der Waals surface area contributed by atoms with Crippen LogP contribution in [0.2, 0.25) is 0 Å². The van der Waals surface area contributed by atoms with Gasteiger partial charge in [-0.15, -0.1) is 0 Å². The molecule has 1 aromatic heterocycles. The lowest BCUT2D eigenvalue weighted by molar-refractivity contribution is -0.143. The maximum Gasteiger partial charge on any atom is 0.326 e. The van der Waals surface area contributed by atoms with Crippen LogP contribution < -0.4 is 38.5 Å². The van der Waals surface area contributed by atoms with E-state index in [0.717, 1.165) is 6.42 Å². The first-order chi connectivity index (χ1) is 17.6. The Hall–Kier alpha value is -4.21. The van der Waals surface area contributed by atoms with Gasteiger partial charge in [-0.25, -0.2) is 9.78 Å². The fraction of sp³-hybridized carbons (Fsp3) is 0.571. The second-order valence-electron chi connectivity index (χ2n) is 8.57. The number of carboxylic acid groups (broad SMARTS) is 1. The van der Waals surface area contributed by atoms with Gasteiger partial charge in [0, 0.05) is 24.9 Å². The van der Waals surface area contributed by atoms with Crippen molar-refractivity contribution < 1.29 is 29.1 Å². The number of hydrogen-bond donors (Lipinski definition) is 9. The van der Waals surface area contributed by atoms with E-state index in [1.807, 2.05) is 0 Å². The van der Waals surface area contributed by atoms with E-state index in [9.17, 15) is 29.1 Å². The standard InChI is InChI=1S/C21H34N10O6/c22-16(32)8-15(20(36)37)31-18(34)13(4-2-6-27-21(23)24)29-19(35)14(7-11-9-25-10-28-11)30-17(33)12-3-1-5-26-12/h9-10,12-15,26H,1-8H2,(H2,22,32)(H,25,28)(H,29,35)(H,30,33)(H,31,34)(H,36,37)(H4,23,24,27). The fourth-order valence-electron chi connectivity index (χ4n) is 3.72. The lowest BCUT2D eigenvalue weighted by atomic mass is 10.1. The summed E-state index contributed by atoms with van der Waals surface area (Å²) in [6.45, 7) is 0.830. The van der Waals surface area contributed by atoms with E-state index in [1.54, 1.807) is 0 Å². The van der Waals surface area contributed by atoms with Gasteiger partial charge in [0.15, 0.2) is 5.96 Å². The normalized spacial score (nSPS) is 17.1. The molecule has 0 aliphatic carbocycles. The number of amides is 4. The molecule has 2 rings (SSSR count). The number of rotatable bonds is 15. The number of aromatic amines is 1. The van der Waals surface area contributed by atoms with E-state index in [-0.39, 0.29) is 37.7 Å². The summed E-state index contributed by atoms with van der Waals surface area (Å²) in [5.74, 6) is -4.44. The second kappa shape index (κ2) is 14.4. The minimum absolute atomic E-state index is 0.0339. The molecule has 16 heteroatoms. The van der Waals surface area contributed by atoms with Crippen molar-refractivity contribution in [3.8, 4) is 0 Å². The van der Waals surface area contributed by atoms with E-state index in [2.05, 4.69) is 36.2 Å². The number of aliphatic imine (C=N–C) groups is 1. The van der Waals surface area contributed by atoms with Crippen LogP contribution in [0, 0.1) is 0 Å². The van der Waals surface area contributed by atoms with Crippen LogP contribution in [0.4, 0.5) is 0 Å². The number of nitrogens with one attached hydrogen (secondary N) is 5. The van der Waals surface area contributed by atoms with Crippen molar-refractivity contribution in [1.82, 2.24) is 31.2 Å². The lowest BCUT2D eigenvalue weighted by Gasteiger charge is -2.25. The average Bonchev–Trinajstić information content (AvgIpc) is 3.54. The van der Waals surface area contributed by atoms with Crippen molar-refractivity contribution in [1.29, 1.82) is 0 Å². The van der Waals surface area contributed by atoms with E-state index >= 15 is 0 Å². The molecule has 4 unspecified atom stereocenters. The first kappa shape index (κ1) is 29.0. The number of nitrogens with two attached hydrogens (primary N) is 3. The molecule has 37 heavy (non-hydrogen) atoms. The van der Waals surface area contributed by atoms with E-state index in [0.29, 0.717) is 18.7 Å². The molecule has 12 N–H and O–H groups in total. The zero-order valence-corrected chi connectivity index (χ0v) is 20.2. The summed E-state index contributed by atoms with van der Waals surface area (Å²) in [4.78, 5) is 72.2. The largest absolute Gasteiger partial charge is 0.480 e. The van der Waals surface area contributed by atoms with Gasteiger partial charge >= 0.3 is 5.97 Å². The Morgan fingerprint density at radius 3 is 2.35 bits per heavy atom. The molecular weight excluding hydrogens is 488 g/mol. The van der Waals surface area contributed by atoms with E-state index < -0.39 is 54.3 Å². The third kappa shape index (κ3) is 10.1. The van der Waals surface area contributed by atoms with Gasteiger partial charge in [-0.3, -0.25) is 24.2 Å². The molecule has 1 aromatic rings. The molecule has 1 aliphatic heterocycles. The van der Waals surface area contributed by atoms with Gasteiger partial charge in [-0.05, 0) is 32.2 Å². The number of aromatic nitrogens is 2. The molecule has 0 radical (unpaired) electrons. The molecule has 0 aromatic carbocycles. The molecule has 2 heterocycles. The first-order valence-corrected chi connectivity index (χ1v) is 11.7. The number of primary amides is 1. The highest BCUT2D eigenvalue weighted by atomic mass is 16.4. The molecule has 1 fully saturated rings. The zero-order valence-electron chi connectivity index (χ0n) is 20.2. The molecule has 0 bridgehead atoms. The first-order valence-electron chi connectivity index (χ1n) is 11.7. The van der Waals surface area contributed by atoms with Gasteiger partial charge < -0.3 is 48.6 Å². The van der Waals surface area contributed by atoms with Crippen LogP contribution in [0.1, 0.15) is 37.8 Å². The lowest BCUT2D eigenvalue weighted by Crippen LogP contribution is -2.57. The Labute approximate surface area is 212 Å². The number of nitrogens with zero attached hydrogens (tertiary/aromatic N) is 2. The molecule has 16 nitrogen and oxygen atoms in total. The molecule has 4 atom stereocenters. The van der Waals surface area contributed by atoms with Crippen molar-refractivity contribution in [2.24, 2.45) is 22.2 Å². The van der Waals surface area contributed by atoms with Gasteiger partial charge in [0.05, 0.1) is 18.8 Å². The van der Waals surface area contributed by atoms with Gasteiger partial charge in [-0.2, -0.15) is 0 Å². The Kier molecular flexibility index (Phi) is 11.3. The quantitative estimate of drug-likeness (QED) is 0.0614. The van der Waals surface area contributed by atoms with Crippen molar-refractivity contribution in [2.75, 3.05) is 13.1 Å². The molecular formula is C21H34N10O6. The summed E-state index contributed by atoms with van der Waals surface area (Å²) in [7, 11) is 0. The number of carboxylic acids is 1. The highest BCUT2D eigenvalue weighted by Crippen LogP contribution is 2.08. The smallest absolute Gasteiger partial charge is 0.326 e. The van der Waals surface area contributed by atoms with Gasteiger partial charge in [0.25, 0.3) is 0 Å². The van der Waals surface area contributed by atoms with Crippen molar-refractivity contribution >= 4 is 35.6 Å². The SMILES string of the molecule is NC(=O)CC(NC(=O)C(CCCN=C(N)N)NC(=O)C(Cc1cnc[nH]1)NC(=O)C1CCCN1)C(=O)O. The monoisotopic (exact) mass is 522 g/mol. The molecule has 204 valence electrons. The summed E-state index contributed by atoms with van der Waals surface area (Å²) in [5.41, 5.74) is 16.3. The van der Waals surface area contributed by atoms with Crippen LogP contribution in [0.5, 0.6) is 0 Å². The third-order valence-electron chi connectivity index (χ3n) is 5.59. The molecule has 1 aliphatic rings. The predicted octanol–water partition coefficient (Wildman–Crippen LogP) is -3.83. The fourth-order valence-corrected chi connectivity index (χ4v) is 3.72. The Morgan fingerprint density at radius 1 is 1.08 bits per heavy atom. The van der Waals surface area contributed by atoms with Crippen molar-refractivity contribution in [3.63, 3.8) is 0 Å². The average molecular weight is 523 g/mol. The summed E-state index contributed by atoms with van der Waals surface area (Å²) >= 11 is 0. The molecule has 1 saturated heterocycles. The summed E-state index contributed by atoms with van der Waals surface area (Å²) < 4.78 is 0. The number of carbonyl (C=O) groups excluding carboxylic acids is 4. The maximum atomic E-state index is 13.3.